The van der Waals surface area contributed by atoms with Crippen molar-refractivity contribution in [3.8, 4) is 5.75 Å². The van der Waals surface area contributed by atoms with E-state index in [4.69, 9.17) is 0 Å². The highest BCUT2D eigenvalue weighted by Crippen LogP contribution is 2.24. The second-order valence-electron chi connectivity index (χ2n) is 4.91. The van der Waals surface area contributed by atoms with Gasteiger partial charge in [0.1, 0.15) is 5.75 Å². The molecule has 18 heavy (non-hydrogen) atoms. The summed E-state index contributed by atoms with van der Waals surface area (Å²) in [5.74, 6) is 0.176. The molecule has 100 valence electrons. The number of aromatic hydroxyl groups is 1. The predicted octanol–water partition coefficient (Wildman–Crippen LogP) is 1.48. The molecular formula is C13H19NO3S. The maximum atomic E-state index is 11.5. The van der Waals surface area contributed by atoms with E-state index in [0.29, 0.717) is 18.0 Å². The van der Waals surface area contributed by atoms with Crippen molar-refractivity contribution >= 4 is 9.84 Å². The molecule has 0 bridgehead atoms. The van der Waals surface area contributed by atoms with Crippen molar-refractivity contribution in [3.05, 3.63) is 23.8 Å². The van der Waals surface area contributed by atoms with Crippen LogP contribution in [-0.4, -0.2) is 32.4 Å². The molecule has 1 unspecified atom stereocenters. The van der Waals surface area contributed by atoms with E-state index in [1.807, 2.05) is 0 Å². The molecular weight excluding hydrogens is 250 g/mol. The molecule has 1 aromatic rings. The molecule has 1 atom stereocenters. The van der Waals surface area contributed by atoms with E-state index in [0.717, 1.165) is 13.0 Å². The Morgan fingerprint density at radius 2 is 2.17 bits per heavy atom. The van der Waals surface area contributed by atoms with E-state index in [2.05, 4.69) is 5.32 Å². The minimum Gasteiger partial charge on any atom is -0.508 e. The third-order valence-electron chi connectivity index (χ3n) is 3.36. The summed E-state index contributed by atoms with van der Waals surface area (Å²) in [6.45, 7) is 0.997. The molecule has 1 fully saturated rings. The standard InChI is InChI=1S/C13H19NO3S/c1-18(16,17)12-5-6-13(15)10(9-12)8-11-4-2-3-7-14-11/h5-6,9,11,14-15H,2-4,7-8H2,1H3. The number of piperidine rings is 1. The van der Waals surface area contributed by atoms with Crippen molar-refractivity contribution in [3.63, 3.8) is 0 Å². The summed E-state index contributed by atoms with van der Waals surface area (Å²) in [5.41, 5.74) is 0.706. The molecule has 4 nitrogen and oxygen atoms in total. The molecule has 1 aliphatic rings. The number of phenols is 1. The number of benzene rings is 1. The maximum absolute atomic E-state index is 11.5. The summed E-state index contributed by atoms with van der Waals surface area (Å²) in [4.78, 5) is 0.270. The van der Waals surface area contributed by atoms with Crippen molar-refractivity contribution in [2.75, 3.05) is 12.8 Å². The molecule has 1 aliphatic heterocycles. The molecule has 1 heterocycles. The molecule has 0 aromatic heterocycles. The van der Waals surface area contributed by atoms with Crippen LogP contribution >= 0.6 is 0 Å². The Bertz CT molecular complexity index is 519. The smallest absolute Gasteiger partial charge is 0.175 e. The van der Waals surface area contributed by atoms with Crippen LogP contribution in [-0.2, 0) is 16.3 Å². The molecule has 0 aliphatic carbocycles. The minimum absolute atomic E-state index is 0.176. The number of rotatable bonds is 3. The fourth-order valence-corrected chi connectivity index (χ4v) is 2.99. The normalized spacial score (nSPS) is 20.8. The largest absolute Gasteiger partial charge is 0.508 e. The lowest BCUT2D eigenvalue weighted by Crippen LogP contribution is -2.35. The van der Waals surface area contributed by atoms with Crippen LogP contribution in [0.4, 0.5) is 0 Å². The zero-order valence-corrected chi connectivity index (χ0v) is 11.3. The molecule has 1 aromatic carbocycles. The summed E-state index contributed by atoms with van der Waals surface area (Å²) in [5, 5.41) is 13.2. The van der Waals surface area contributed by atoms with Crippen molar-refractivity contribution in [1.29, 1.82) is 0 Å². The topological polar surface area (TPSA) is 66.4 Å². The van der Waals surface area contributed by atoms with E-state index < -0.39 is 9.84 Å². The lowest BCUT2D eigenvalue weighted by atomic mass is 9.97. The van der Waals surface area contributed by atoms with Crippen molar-refractivity contribution in [2.24, 2.45) is 0 Å². The SMILES string of the molecule is CS(=O)(=O)c1ccc(O)c(CC2CCCCN2)c1. The lowest BCUT2D eigenvalue weighted by molar-refractivity contribution is 0.391. The van der Waals surface area contributed by atoms with E-state index in [1.54, 1.807) is 6.07 Å². The van der Waals surface area contributed by atoms with Gasteiger partial charge in [-0.05, 0) is 49.6 Å². The summed E-state index contributed by atoms with van der Waals surface area (Å²) in [6, 6.07) is 4.83. The molecule has 0 radical (unpaired) electrons. The predicted molar refractivity (Wildman–Crippen MR) is 70.6 cm³/mol. The van der Waals surface area contributed by atoms with E-state index >= 15 is 0 Å². The van der Waals surface area contributed by atoms with Gasteiger partial charge in [0.25, 0.3) is 0 Å². The summed E-state index contributed by atoms with van der Waals surface area (Å²) in [6.07, 6.45) is 5.30. The van der Waals surface area contributed by atoms with Gasteiger partial charge in [-0.15, -0.1) is 0 Å². The van der Waals surface area contributed by atoms with Gasteiger partial charge >= 0.3 is 0 Å². The Kier molecular flexibility index (Phi) is 3.92. The first kappa shape index (κ1) is 13.4. The second kappa shape index (κ2) is 5.28. The average Bonchev–Trinajstić information content (AvgIpc) is 2.32. The van der Waals surface area contributed by atoms with Gasteiger partial charge < -0.3 is 10.4 Å². The number of sulfone groups is 1. The molecule has 0 saturated carbocycles. The van der Waals surface area contributed by atoms with Crippen molar-refractivity contribution in [1.82, 2.24) is 5.32 Å². The summed E-state index contributed by atoms with van der Waals surface area (Å²) < 4.78 is 23.0. The van der Waals surface area contributed by atoms with Crippen LogP contribution in [0.25, 0.3) is 0 Å². The summed E-state index contributed by atoms with van der Waals surface area (Å²) in [7, 11) is -3.21. The van der Waals surface area contributed by atoms with Gasteiger partial charge in [-0.1, -0.05) is 6.42 Å². The fraction of sp³-hybridized carbons (Fsp3) is 0.538. The van der Waals surface area contributed by atoms with Gasteiger partial charge in [0.05, 0.1) is 4.90 Å². The van der Waals surface area contributed by atoms with Crippen LogP contribution in [0.15, 0.2) is 23.1 Å². The quantitative estimate of drug-likeness (QED) is 0.872. The van der Waals surface area contributed by atoms with Crippen LogP contribution < -0.4 is 5.32 Å². The van der Waals surface area contributed by atoms with Gasteiger partial charge in [-0.2, -0.15) is 0 Å². The monoisotopic (exact) mass is 269 g/mol. The van der Waals surface area contributed by atoms with Crippen molar-refractivity contribution < 1.29 is 13.5 Å². The first-order chi connectivity index (χ1) is 8.47. The van der Waals surface area contributed by atoms with Crippen LogP contribution in [0.2, 0.25) is 0 Å². The van der Waals surface area contributed by atoms with E-state index in [-0.39, 0.29) is 10.6 Å². The van der Waals surface area contributed by atoms with Gasteiger partial charge in [-0.25, -0.2) is 8.42 Å². The van der Waals surface area contributed by atoms with Gasteiger partial charge in [0.2, 0.25) is 0 Å². The highest BCUT2D eigenvalue weighted by molar-refractivity contribution is 7.90. The molecule has 0 amide bonds. The van der Waals surface area contributed by atoms with Gasteiger partial charge in [0, 0.05) is 12.3 Å². The fourth-order valence-electron chi connectivity index (χ4n) is 2.32. The average molecular weight is 269 g/mol. The van der Waals surface area contributed by atoms with Crippen molar-refractivity contribution in [2.45, 2.75) is 36.6 Å². The van der Waals surface area contributed by atoms with Crippen LogP contribution in [0.1, 0.15) is 24.8 Å². The molecule has 2 N–H and O–H groups in total. The molecule has 0 spiro atoms. The zero-order chi connectivity index (χ0) is 13.2. The van der Waals surface area contributed by atoms with Crippen LogP contribution in [0.3, 0.4) is 0 Å². The molecule has 2 rings (SSSR count). The number of phenolic OH excluding ortho intramolecular Hbond substituents is 1. The highest BCUT2D eigenvalue weighted by atomic mass is 32.2. The third-order valence-corrected chi connectivity index (χ3v) is 4.47. The first-order valence-electron chi connectivity index (χ1n) is 6.22. The summed E-state index contributed by atoms with van der Waals surface area (Å²) >= 11 is 0. The first-order valence-corrected chi connectivity index (χ1v) is 8.11. The Morgan fingerprint density at radius 3 is 2.78 bits per heavy atom. The highest BCUT2D eigenvalue weighted by Gasteiger charge is 2.17. The van der Waals surface area contributed by atoms with Crippen LogP contribution in [0, 0.1) is 0 Å². The minimum atomic E-state index is -3.21. The van der Waals surface area contributed by atoms with Gasteiger partial charge in [0.15, 0.2) is 9.84 Å². The Morgan fingerprint density at radius 1 is 1.39 bits per heavy atom. The van der Waals surface area contributed by atoms with Gasteiger partial charge in [-0.3, -0.25) is 0 Å². The number of hydrogen-bond donors (Lipinski definition) is 2. The lowest BCUT2D eigenvalue weighted by Gasteiger charge is -2.23. The van der Waals surface area contributed by atoms with E-state index in [9.17, 15) is 13.5 Å². The zero-order valence-electron chi connectivity index (χ0n) is 10.5. The second-order valence-corrected chi connectivity index (χ2v) is 6.93. The molecule has 5 heteroatoms. The number of hydrogen-bond acceptors (Lipinski definition) is 4. The van der Waals surface area contributed by atoms with E-state index in [1.165, 1.54) is 31.2 Å². The maximum Gasteiger partial charge on any atom is 0.175 e. The molecule has 1 saturated heterocycles. The Hall–Kier alpha value is -1.07. The Balaban J connectivity index is 2.21. The van der Waals surface area contributed by atoms with Crippen LogP contribution in [0.5, 0.6) is 5.75 Å². The Labute approximate surface area is 108 Å². The third kappa shape index (κ3) is 3.23. The number of nitrogens with one attached hydrogen (secondary N) is 1.